The van der Waals surface area contributed by atoms with Gasteiger partial charge in [-0.25, -0.2) is 9.37 Å². The molecule has 0 bridgehead atoms. The summed E-state index contributed by atoms with van der Waals surface area (Å²) in [6, 6.07) is 6.92. The third-order valence-corrected chi connectivity index (χ3v) is 4.14. The topological polar surface area (TPSA) is 29.3 Å². The van der Waals surface area contributed by atoms with Crippen molar-refractivity contribution in [2.45, 2.75) is 19.9 Å². The molecule has 3 aromatic rings. The van der Waals surface area contributed by atoms with Crippen molar-refractivity contribution in [1.29, 1.82) is 0 Å². The summed E-state index contributed by atoms with van der Waals surface area (Å²) in [7, 11) is 0. The molecule has 0 aliphatic heterocycles. The van der Waals surface area contributed by atoms with Crippen LogP contribution >= 0.6 is 11.3 Å². The molecule has 3 nitrogen and oxygen atoms in total. The van der Waals surface area contributed by atoms with Gasteiger partial charge in [0, 0.05) is 18.1 Å². The highest BCUT2D eigenvalue weighted by molar-refractivity contribution is 7.15. The maximum Gasteiger partial charge on any atom is 0.194 e. The lowest BCUT2D eigenvalue weighted by Gasteiger charge is -2.06. The minimum Gasteiger partial charge on any atom is -0.311 e. The van der Waals surface area contributed by atoms with Crippen LogP contribution in [0.3, 0.4) is 0 Å². The smallest absolute Gasteiger partial charge is 0.194 e. The van der Waals surface area contributed by atoms with E-state index in [1.54, 1.807) is 17.4 Å². The average Bonchev–Trinajstić information content (AvgIpc) is 2.98. The fourth-order valence-electron chi connectivity index (χ4n) is 2.28. The Kier molecular flexibility index (Phi) is 3.80. The summed E-state index contributed by atoms with van der Waals surface area (Å²) in [5.41, 5.74) is 2.98. The maximum absolute atomic E-state index is 13.5. The summed E-state index contributed by atoms with van der Waals surface area (Å²) in [4.78, 5) is 5.53. The number of halogens is 1. The predicted octanol–water partition coefficient (Wildman–Crippen LogP) is 3.18. The van der Waals surface area contributed by atoms with Crippen molar-refractivity contribution in [3.8, 4) is 0 Å². The summed E-state index contributed by atoms with van der Waals surface area (Å²) < 4.78 is 15.6. The van der Waals surface area contributed by atoms with Crippen LogP contribution in [-0.2, 0) is 13.0 Å². The first-order chi connectivity index (χ1) is 9.75. The van der Waals surface area contributed by atoms with E-state index in [1.165, 1.54) is 11.8 Å². The van der Waals surface area contributed by atoms with Crippen molar-refractivity contribution >= 4 is 16.3 Å². The van der Waals surface area contributed by atoms with Crippen molar-refractivity contribution in [3.05, 3.63) is 58.6 Å². The number of hydrogen-bond donors (Lipinski definition) is 1. The third kappa shape index (κ3) is 2.59. The molecule has 0 aliphatic carbocycles. The summed E-state index contributed by atoms with van der Waals surface area (Å²) >= 11 is 1.63. The fraction of sp³-hybridized carbons (Fsp3) is 0.267. The number of imidazole rings is 1. The van der Waals surface area contributed by atoms with Crippen LogP contribution in [0.5, 0.6) is 0 Å². The molecule has 0 spiro atoms. The summed E-state index contributed by atoms with van der Waals surface area (Å²) in [5.74, 6) is -0.130. The summed E-state index contributed by atoms with van der Waals surface area (Å²) in [6.07, 6.45) is 2.73. The lowest BCUT2D eigenvalue weighted by Crippen LogP contribution is -2.18. The monoisotopic (exact) mass is 289 g/mol. The second kappa shape index (κ2) is 5.73. The number of nitrogens with zero attached hydrogens (tertiary/aromatic N) is 2. The Hall–Kier alpha value is -1.72. The van der Waals surface area contributed by atoms with Gasteiger partial charge < -0.3 is 5.32 Å². The van der Waals surface area contributed by atoms with Gasteiger partial charge in [0.15, 0.2) is 4.96 Å². The van der Waals surface area contributed by atoms with E-state index in [-0.39, 0.29) is 5.82 Å². The van der Waals surface area contributed by atoms with E-state index >= 15 is 0 Å². The number of benzene rings is 1. The molecule has 0 unspecified atom stereocenters. The maximum atomic E-state index is 13.5. The Balaban J connectivity index is 1.59. The van der Waals surface area contributed by atoms with Crippen LogP contribution in [0.1, 0.15) is 17.0 Å². The molecule has 0 atom stereocenters. The molecular weight excluding hydrogens is 273 g/mol. The average molecular weight is 289 g/mol. The van der Waals surface area contributed by atoms with E-state index in [9.17, 15) is 4.39 Å². The Bertz CT molecular complexity index is 717. The number of rotatable bonds is 5. The minimum atomic E-state index is -0.130. The third-order valence-electron chi connectivity index (χ3n) is 3.38. The van der Waals surface area contributed by atoms with Crippen molar-refractivity contribution in [1.82, 2.24) is 14.7 Å². The fourth-order valence-corrected chi connectivity index (χ4v) is 3.06. The number of aryl methyl sites for hydroxylation is 1. The Labute approximate surface area is 121 Å². The van der Waals surface area contributed by atoms with Gasteiger partial charge in [0.2, 0.25) is 0 Å². The van der Waals surface area contributed by atoms with Gasteiger partial charge in [-0.05, 0) is 31.5 Å². The first kappa shape index (κ1) is 13.3. The second-order valence-corrected chi connectivity index (χ2v) is 5.59. The molecule has 0 fully saturated rings. The highest BCUT2D eigenvalue weighted by atomic mass is 32.1. The lowest BCUT2D eigenvalue weighted by molar-refractivity contribution is 0.596. The molecule has 5 heteroatoms. The van der Waals surface area contributed by atoms with Gasteiger partial charge in [0.05, 0.1) is 11.4 Å². The molecule has 2 heterocycles. The largest absolute Gasteiger partial charge is 0.311 e. The molecule has 104 valence electrons. The highest BCUT2D eigenvalue weighted by Gasteiger charge is 2.08. The zero-order valence-electron chi connectivity index (χ0n) is 11.3. The number of nitrogens with one attached hydrogen (secondary N) is 1. The van der Waals surface area contributed by atoms with Crippen molar-refractivity contribution in [3.63, 3.8) is 0 Å². The van der Waals surface area contributed by atoms with Crippen LogP contribution in [0.4, 0.5) is 4.39 Å². The van der Waals surface area contributed by atoms with Crippen LogP contribution < -0.4 is 5.32 Å². The molecule has 2 aromatic heterocycles. The normalized spacial score (nSPS) is 11.3. The van der Waals surface area contributed by atoms with Crippen molar-refractivity contribution in [2.24, 2.45) is 0 Å². The molecule has 0 saturated carbocycles. The summed E-state index contributed by atoms with van der Waals surface area (Å²) in [6.45, 7) is 3.52. The van der Waals surface area contributed by atoms with E-state index in [4.69, 9.17) is 0 Å². The first-order valence-electron chi connectivity index (χ1n) is 6.61. The quantitative estimate of drug-likeness (QED) is 0.731. The molecule has 0 radical (unpaired) electrons. The molecule has 1 aromatic carbocycles. The van der Waals surface area contributed by atoms with E-state index in [0.29, 0.717) is 6.42 Å². The summed E-state index contributed by atoms with van der Waals surface area (Å²) in [5, 5.41) is 5.40. The number of aromatic nitrogens is 2. The van der Waals surface area contributed by atoms with E-state index in [0.717, 1.165) is 29.3 Å². The van der Waals surface area contributed by atoms with Gasteiger partial charge in [-0.15, -0.1) is 11.3 Å². The molecule has 1 N–H and O–H groups in total. The minimum absolute atomic E-state index is 0.130. The van der Waals surface area contributed by atoms with Gasteiger partial charge in [0.25, 0.3) is 0 Å². The zero-order chi connectivity index (χ0) is 13.9. The van der Waals surface area contributed by atoms with Gasteiger partial charge in [-0.1, -0.05) is 18.2 Å². The predicted molar refractivity (Wildman–Crippen MR) is 79.6 cm³/mol. The molecule has 0 amide bonds. The van der Waals surface area contributed by atoms with Gasteiger partial charge in [-0.3, -0.25) is 4.40 Å². The van der Waals surface area contributed by atoms with Crippen LogP contribution in [0.25, 0.3) is 4.96 Å². The molecule has 0 saturated heterocycles. The number of hydrogen-bond acceptors (Lipinski definition) is 3. The number of fused-ring (bicyclic) bond motifs is 1. The molecule has 20 heavy (non-hydrogen) atoms. The Morgan fingerprint density at radius 3 is 3.05 bits per heavy atom. The van der Waals surface area contributed by atoms with Crippen LogP contribution in [0.15, 0.2) is 35.8 Å². The standard InChI is InChI=1S/C15H16FN3S/c1-11-14(19-8-9-20-15(19)18-11)10-17-7-6-12-4-2-3-5-13(12)16/h2-5,8-9,17H,6-7,10H2,1H3. The van der Waals surface area contributed by atoms with Gasteiger partial charge in [0.1, 0.15) is 5.82 Å². The van der Waals surface area contributed by atoms with Crippen molar-refractivity contribution in [2.75, 3.05) is 6.54 Å². The molecular formula is C15H16FN3S. The van der Waals surface area contributed by atoms with Gasteiger partial charge in [-0.2, -0.15) is 0 Å². The van der Waals surface area contributed by atoms with E-state index < -0.39 is 0 Å². The Morgan fingerprint density at radius 1 is 1.35 bits per heavy atom. The van der Waals surface area contributed by atoms with Crippen LogP contribution in [0.2, 0.25) is 0 Å². The molecule has 3 rings (SSSR count). The van der Waals surface area contributed by atoms with Crippen LogP contribution in [0, 0.1) is 12.7 Å². The number of thiazole rings is 1. The van der Waals surface area contributed by atoms with Gasteiger partial charge >= 0.3 is 0 Å². The first-order valence-corrected chi connectivity index (χ1v) is 7.49. The SMILES string of the molecule is Cc1nc2sccn2c1CNCCc1ccccc1F. The Morgan fingerprint density at radius 2 is 2.20 bits per heavy atom. The highest BCUT2D eigenvalue weighted by Crippen LogP contribution is 2.16. The van der Waals surface area contributed by atoms with Crippen LogP contribution in [-0.4, -0.2) is 15.9 Å². The second-order valence-electron chi connectivity index (χ2n) is 4.72. The zero-order valence-corrected chi connectivity index (χ0v) is 12.1. The van der Waals surface area contributed by atoms with E-state index in [2.05, 4.69) is 14.7 Å². The lowest BCUT2D eigenvalue weighted by atomic mass is 10.1. The van der Waals surface area contributed by atoms with Crippen molar-refractivity contribution < 1.29 is 4.39 Å². The molecule has 0 aliphatic rings. The van der Waals surface area contributed by atoms with E-state index in [1.807, 2.05) is 30.6 Å².